The minimum absolute atomic E-state index is 0.00264. The first-order chi connectivity index (χ1) is 7.46. The molecule has 1 fully saturated rings. The molecule has 90 valence electrons. The quantitative estimate of drug-likeness (QED) is 0.744. The Morgan fingerprint density at radius 3 is 2.75 bits per heavy atom. The first-order valence-electron chi connectivity index (χ1n) is 5.80. The molecule has 16 heavy (non-hydrogen) atoms. The Hall–Kier alpha value is -0.690. The number of rotatable bonds is 2. The summed E-state index contributed by atoms with van der Waals surface area (Å²) in [5.41, 5.74) is -0.851. The Kier molecular flexibility index (Phi) is 4.26. The summed E-state index contributed by atoms with van der Waals surface area (Å²) < 4.78 is 0. The molecule has 0 aromatic carbocycles. The van der Waals surface area contributed by atoms with E-state index in [1.807, 2.05) is 23.6 Å². The van der Waals surface area contributed by atoms with Crippen LogP contribution in [-0.2, 0) is 4.79 Å². The van der Waals surface area contributed by atoms with Crippen LogP contribution in [0.15, 0.2) is 0 Å². The zero-order valence-electron chi connectivity index (χ0n) is 10.5. The number of carbonyl (C=O) groups is 1. The summed E-state index contributed by atoms with van der Waals surface area (Å²) in [6.45, 7) is 8.63. The fourth-order valence-electron chi connectivity index (χ4n) is 1.81. The Labute approximate surface area is 102 Å². The van der Waals surface area contributed by atoms with Gasteiger partial charge in [0.05, 0.1) is 6.07 Å². The molecule has 3 nitrogen and oxygen atoms in total. The van der Waals surface area contributed by atoms with E-state index >= 15 is 0 Å². The van der Waals surface area contributed by atoms with Gasteiger partial charge in [0.2, 0.25) is 5.91 Å². The molecule has 1 heterocycles. The van der Waals surface area contributed by atoms with Gasteiger partial charge >= 0.3 is 0 Å². The lowest BCUT2D eigenvalue weighted by Gasteiger charge is -2.40. The highest BCUT2D eigenvalue weighted by Gasteiger charge is 2.39. The first kappa shape index (κ1) is 13.4. The van der Waals surface area contributed by atoms with E-state index in [0.717, 1.165) is 12.3 Å². The fourth-order valence-corrected chi connectivity index (χ4v) is 2.91. The summed E-state index contributed by atoms with van der Waals surface area (Å²) in [5.74, 6) is 0.972. The molecule has 0 aromatic rings. The zero-order valence-corrected chi connectivity index (χ0v) is 11.3. The van der Waals surface area contributed by atoms with Gasteiger partial charge in [0.25, 0.3) is 0 Å². The van der Waals surface area contributed by atoms with Crippen molar-refractivity contribution < 1.29 is 4.79 Å². The molecule has 3 unspecified atom stereocenters. The maximum atomic E-state index is 12.3. The van der Waals surface area contributed by atoms with Gasteiger partial charge in [-0.15, -0.1) is 0 Å². The summed E-state index contributed by atoms with van der Waals surface area (Å²) in [6.07, 6.45) is 0.576. The number of nitriles is 1. The van der Waals surface area contributed by atoms with Crippen LogP contribution in [-0.4, -0.2) is 34.4 Å². The second-order valence-corrected chi connectivity index (χ2v) is 6.10. The third-order valence-electron chi connectivity index (χ3n) is 3.57. The predicted molar refractivity (Wildman–Crippen MR) is 67.1 cm³/mol. The zero-order chi connectivity index (χ0) is 12.3. The van der Waals surface area contributed by atoms with Crippen molar-refractivity contribution in [3.63, 3.8) is 0 Å². The van der Waals surface area contributed by atoms with Crippen molar-refractivity contribution in [2.45, 2.75) is 45.4 Å². The Balaban J connectivity index is 2.85. The van der Waals surface area contributed by atoms with Crippen molar-refractivity contribution in [2.24, 2.45) is 5.41 Å². The molecule has 0 N–H and O–H groups in total. The maximum absolute atomic E-state index is 12.3. The van der Waals surface area contributed by atoms with E-state index in [4.69, 9.17) is 5.26 Å². The molecule has 0 bridgehead atoms. The van der Waals surface area contributed by atoms with Crippen molar-refractivity contribution in [1.82, 2.24) is 4.90 Å². The highest BCUT2D eigenvalue weighted by atomic mass is 32.2. The van der Waals surface area contributed by atoms with Gasteiger partial charge in [0, 0.05) is 23.6 Å². The van der Waals surface area contributed by atoms with Crippen LogP contribution in [0, 0.1) is 16.7 Å². The van der Waals surface area contributed by atoms with Gasteiger partial charge in [-0.25, -0.2) is 0 Å². The summed E-state index contributed by atoms with van der Waals surface area (Å²) in [5, 5.41) is 9.59. The second-order valence-electron chi connectivity index (χ2n) is 4.61. The third kappa shape index (κ3) is 2.35. The van der Waals surface area contributed by atoms with Crippen molar-refractivity contribution >= 4 is 17.7 Å². The number of hydrogen-bond acceptors (Lipinski definition) is 3. The first-order valence-corrected chi connectivity index (χ1v) is 6.85. The molecule has 0 spiro atoms. The molecule has 1 aliphatic rings. The summed E-state index contributed by atoms with van der Waals surface area (Å²) in [7, 11) is 0. The van der Waals surface area contributed by atoms with Crippen molar-refractivity contribution in [1.29, 1.82) is 5.26 Å². The standard InChI is InChI=1S/C12H20N2OS/c1-5-12(4,8-13)11(15)14-6-7-16-10(3)9(14)2/h9-10H,5-7H2,1-4H3. The fraction of sp³-hybridized carbons (Fsp3) is 0.833. The van der Waals surface area contributed by atoms with E-state index in [1.54, 1.807) is 6.92 Å². The van der Waals surface area contributed by atoms with E-state index < -0.39 is 5.41 Å². The number of hydrogen-bond donors (Lipinski definition) is 0. The molecular formula is C12H20N2OS. The number of amides is 1. The lowest BCUT2D eigenvalue weighted by molar-refractivity contribution is -0.140. The van der Waals surface area contributed by atoms with Gasteiger partial charge in [0.1, 0.15) is 5.41 Å². The molecule has 1 aliphatic heterocycles. The highest BCUT2D eigenvalue weighted by Crippen LogP contribution is 2.30. The van der Waals surface area contributed by atoms with E-state index in [2.05, 4.69) is 19.9 Å². The molecule has 0 aromatic heterocycles. The van der Waals surface area contributed by atoms with Crippen LogP contribution in [0.1, 0.15) is 34.1 Å². The average Bonchev–Trinajstić information content (AvgIpc) is 2.31. The highest BCUT2D eigenvalue weighted by molar-refractivity contribution is 8.00. The molecule has 1 saturated heterocycles. The SMILES string of the molecule is CCC(C)(C#N)C(=O)N1CCSC(C)C1C. The number of nitrogens with zero attached hydrogens (tertiary/aromatic N) is 2. The smallest absolute Gasteiger partial charge is 0.243 e. The summed E-state index contributed by atoms with van der Waals surface area (Å²) in [6, 6.07) is 2.39. The van der Waals surface area contributed by atoms with Gasteiger partial charge in [-0.05, 0) is 20.3 Å². The predicted octanol–water partition coefficient (Wildman–Crippen LogP) is 2.28. The normalized spacial score (nSPS) is 29.3. The van der Waals surface area contributed by atoms with Crippen LogP contribution >= 0.6 is 11.8 Å². The number of thioether (sulfide) groups is 1. The molecular weight excluding hydrogens is 220 g/mol. The van der Waals surface area contributed by atoms with Crippen LogP contribution in [0.3, 0.4) is 0 Å². The van der Waals surface area contributed by atoms with Gasteiger partial charge in [-0.2, -0.15) is 17.0 Å². The van der Waals surface area contributed by atoms with Crippen molar-refractivity contribution in [2.75, 3.05) is 12.3 Å². The van der Waals surface area contributed by atoms with E-state index in [9.17, 15) is 4.79 Å². The van der Waals surface area contributed by atoms with E-state index in [-0.39, 0.29) is 11.9 Å². The Morgan fingerprint density at radius 2 is 2.25 bits per heavy atom. The Morgan fingerprint density at radius 1 is 1.62 bits per heavy atom. The van der Waals surface area contributed by atoms with Crippen LogP contribution in [0.25, 0.3) is 0 Å². The van der Waals surface area contributed by atoms with Gasteiger partial charge in [-0.3, -0.25) is 4.79 Å². The molecule has 3 atom stereocenters. The van der Waals surface area contributed by atoms with Gasteiger partial charge < -0.3 is 4.90 Å². The van der Waals surface area contributed by atoms with Crippen LogP contribution in [0.2, 0.25) is 0 Å². The van der Waals surface area contributed by atoms with Crippen LogP contribution in [0.4, 0.5) is 0 Å². The summed E-state index contributed by atoms with van der Waals surface area (Å²) in [4.78, 5) is 14.2. The van der Waals surface area contributed by atoms with Crippen molar-refractivity contribution in [3.05, 3.63) is 0 Å². The molecule has 1 amide bonds. The minimum Gasteiger partial charge on any atom is -0.337 e. The molecule has 0 radical (unpaired) electrons. The van der Waals surface area contributed by atoms with Gasteiger partial charge in [0.15, 0.2) is 0 Å². The summed E-state index contributed by atoms with van der Waals surface area (Å²) >= 11 is 1.90. The lowest BCUT2D eigenvalue weighted by Crippen LogP contribution is -2.52. The number of carbonyl (C=O) groups excluding carboxylic acids is 1. The monoisotopic (exact) mass is 240 g/mol. The minimum atomic E-state index is -0.851. The Bertz CT molecular complexity index is 313. The molecule has 1 rings (SSSR count). The maximum Gasteiger partial charge on any atom is 0.243 e. The van der Waals surface area contributed by atoms with Crippen LogP contribution in [0.5, 0.6) is 0 Å². The van der Waals surface area contributed by atoms with E-state index in [0.29, 0.717) is 11.7 Å². The molecule has 0 saturated carbocycles. The third-order valence-corrected chi connectivity index (χ3v) is 4.91. The van der Waals surface area contributed by atoms with Crippen LogP contribution < -0.4 is 0 Å². The largest absolute Gasteiger partial charge is 0.337 e. The lowest BCUT2D eigenvalue weighted by atomic mass is 9.87. The topological polar surface area (TPSA) is 44.1 Å². The average molecular weight is 240 g/mol. The van der Waals surface area contributed by atoms with E-state index in [1.165, 1.54) is 0 Å². The van der Waals surface area contributed by atoms with Gasteiger partial charge in [-0.1, -0.05) is 13.8 Å². The second kappa shape index (κ2) is 5.09. The molecule has 0 aliphatic carbocycles. The molecule has 4 heteroatoms. The van der Waals surface area contributed by atoms with Crippen molar-refractivity contribution in [3.8, 4) is 6.07 Å².